The molecule has 0 unspecified atom stereocenters. The maximum atomic E-state index is 11.1. The van der Waals surface area contributed by atoms with Gasteiger partial charge < -0.3 is 9.47 Å². The number of carbonyl (C=O) groups excluding carboxylic acids is 2. The number of sulfonamides is 1. The van der Waals surface area contributed by atoms with Gasteiger partial charge in [-0.05, 0) is 13.3 Å². The molecular weight excluding hydrogens is 262 g/mol. The minimum absolute atomic E-state index is 0.0640. The van der Waals surface area contributed by atoms with Crippen LogP contribution in [0, 0.1) is 0 Å². The van der Waals surface area contributed by atoms with Gasteiger partial charge in [0.1, 0.15) is 0 Å². The summed E-state index contributed by atoms with van der Waals surface area (Å²) in [4.78, 5) is 21.9. The monoisotopic (exact) mass is 279 g/mol. The fourth-order valence-electron chi connectivity index (χ4n) is 0.877. The van der Waals surface area contributed by atoms with Gasteiger partial charge in [0.25, 0.3) is 0 Å². The predicted molar refractivity (Wildman–Crippen MR) is 64.2 cm³/mol. The standard InChI is InChI=1S/C10H17NO6S/c1-3-16-9(12)5-6-10(13)17-8-4-7-11-18(2,14)15/h5-6,11H,3-4,7-8H2,1-2H3/b6-5+. The molecular formula is C10H17NO6S. The van der Waals surface area contributed by atoms with E-state index in [1.807, 2.05) is 0 Å². The molecule has 0 aliphatic heterocycles. The molecule has 0 rings (SSSR count). The summed E-state index contributed by atoms with van der Waals surface area (Å²) in [6.07, 6.45) is 3.33. The van der Waals surface area contributed by atoms with Crippen molar-refractivity contribution in [2.45, 2.75) is 13.3 Å². The average molecular weight is 279 g/mol. The number of esters is 2. The fourth-order valence-corrected chi connectivity index (χ4v) is 1.39. The molecule has 1 N–H and O–H groups in total. The van der Waals surface area contributed by atoms with Crippen LogP contribution in [0.5, 0.6) is 0 Å². The molecule has 8 heteroatoms. The minimum atomic E-state index is -3.22. The molecule has 0 saturated heterocycles. The predicted octanol–water partition coefficient (Wildman–Crippen LogP) is -0.412. The summed E-state index contributed by atoms with van der Waals surface area (Å²) in [7, 11) is -3.22. The van der Waals surface area contributed by atoms with Crippen molar-refractivity contribution >= 4 is 22.0 Å². The van der Waals surface area contributed by atoms with E-state index < -0.39 is 22.0 Å². The Labute approximate surface area is 106 Å². The Morgan fingerprint density at radius 3 is 2.22 bits per heavy atom. The van der Waals surface area contributed by atoms with Crippen LogP contribution < -0.4 is 4.72 Å². The van der Waals surface area contributed by atoms with Crippen LogP contribution >= 0.6 is 0 Å². The number of ether oxygens (including phenoxy) is 2. The first-order valence-electron chi connectivity index (χ1n) is 5.31. The van der Waals surface area contributed by atoms with Crippen molar-refractivity contribution in [1.29, 1.82) is 0 Å². The van der Waals surface area contributed by atoms with Crippen LogP contribution in [0.25, 0.3) is 0 Å². The van der Waals surface area contributed by atoms with Crippen LogP contribution in [0.4, 0.5) is 0 Å². The topological polar surface area (TPSA) is 98.8 Å². The molecule has 0 aliphatic carbocycles. The lowest BCUT2D eigenvalue weighted by Crippen LogP contribution is -2.24. The first-order valence-corrected chi connectivity index (χ1v) is 7.20. The van der Waals surface area contributed by atoms with Gasteiger partial charge in [-0.3, -0.25) is 0 Å². The third kappa shape index (κ3) is 11.1. The Morgan fingerprint density at radius 2 is 1.72 bits per heavy atom. The second-order valence-corrected chi connectivity index (χ2v) is 5.11. The Hall–Kier alpha value is -1.41. The van der Waals surface area contributed by atoms with Crippen LogP contribution in [0.2, 0.25) is 0 Å². The smallest absolute Gasteiger partial charge is 0.331 e. The molecule has 0 aromatic carbocycles. The molecule has 7 nitrogen and oxygen atoms in total. The molecule has 0 amide bonds. The highest BCUT2D eigenvalue weighted by molar-refractivity contribution is 7.88. The molecule has 0 aromatic rings. The van der Waals surface area contributed by atoms with Gasteiger partial charge in [0.15, 0.2) is 0 Å². The zero-order valence-electron chi connectivity index (χ0n) is 10.3. The molecule has 0 aliphatic rings. The molecule has 0 heterocycles. The van der Waals surface area contributed by atoms with E-state index in [0.29, 0.717) is 6.42 Å². The highest BCUT2D eigenvalue weighted by Crippen LogP contribution is 1.88. The van der Waals surface area contributed by atoms with Gasteiger partial charge >= 0.3 is 11.9 Å². The lowest BCUT2D eigenvalue weighted by atomic mass is 10.4. The largest absolute Gasteiger partial charge is 0.463 e. The van der Waals surface area contributed by atoms with Crippen molar-refractivity contribution in [2.75, 3.05) is 26.0 Å². The summed E-state index contributed by atoms with van der Waals surface area (Å²) in [6.45, 7) is 2.14. The Bertz CT molecular complexity index is 401. The third-order valence-electron chi connectivity index (χ3n) is 1.57. The van der Waals surface area contributed by atoms with Crippen molar-refractivity contribution < 1.29 is 27.5 Å². The molecule has 0 atom stereocenters. The normalized spacial score (nSPS) is 11.4. The van der Waals surface area contributed by atoms with Crippen molar-refractivity contribution in [3.8, 4) is 0 Å². The average Bonchev–Trinajstić information content (AvgIpc) is 2.25. The van der Waals surface area contributed by atoms with E-state index in [1.165, 1.54) is 0 Å². The van der Waals surface area contributed by atoms with Gasteiger partial charge in [-0.1, -0.05) is 0 Å². The summed E-state index contributed by atoms with van der Waals surface area (Å²) in [5.41, 5.74) is 0. The third-order valence-corrected chi connectivity index (χ3v) is 2.30. The number of nitrogens with one attached hydrogen (secondary N) is 1. The zero-order valence-corrected chi connectivity index (χ0v) is 11.2. The van der Waals surface area contributed by atoms with Gasteiger partial charge in [0, 0.05) is 18.7 Å². The van der Waals surface area contributed by atoms with E-state index in [4.69, 9.17) is 4.74 Å². The number of hydrogen-bond acceptors (Lipinski definition) is 6. The van der Waals surface area contributed by atoms with Crippen LogP contribution in [0.15, 0.2) is 12.2 Å². The van der Waals surface area contributed by atoms with Gasteiger partial charge in [-0.25, -0.2) is 22.7 Å². The molecule has 0 aromatic heterocycles. The summed E-state index contributed by atoms with van der Waals surface area (Å²) < 4.78 is 32.9. The molecule has 0 radical (unpaired) electrons. The van der Waals surface area contributed by atoms with E-state index in [2.05, 4.69) is 9.46 Å². The molecule has 0 spiro atoms. The summed E-state index contributed by atoms with van der Waals surface area (Å²) >= 11 is 0. The summed E-state index contributed by atoms with van der Waals surface area (Å²) in [5, 5.41) is 0. The Kier molecular flexibility index (Phi) is 7.97. The van der Waals surface area contributed by atoms with Gasteiger partial charge in [0.05, 0.1) is 19.5 Å². The van der Waals surface area contributed by atoms with Crippen molar-refractivity contribution in [3.05, 3.63) is 12.2 Å². The lowest BCUT2D eigenvalue weighted by molar-refractivity contribution is -0.140. The van der Waals surface area contributed by atoms with E-state index in [0.717, 1.165) is 18.4 Å². The first-order chi connectivity index (χ1) is 8.35. The van der Waals surface area contributed by atoms with Crippen molar-refractivity contribution in [2.24, 2.45) is 0 Å². The fraction of sp³-hybridized carbons (Fsp3) is 0.600. The number of carbonyl (C=O) groups is 2. The second-order valence-electron chi connectivity index (χ2n) is 3.27. The number of hydrogen-bond donors (Lipinski definition) is 1. The van der Waals surface area contributed by atoms with Gasteiger partial charge in [-0.2, -0.15) is 0 Å². The Balaban J connectivity index is 3.69. The maximum Gasteiger partial charge on any atom is 0.331 e. The van der Waals surface area contributed by atoms with Gasteiger partial charge in [-0.15, -0.1) is 0 Å². The summed E-state index contributed by atoms with van der Waals surface area (Å²) in [6, 6.07) is 0. The zero-order chi connectivity index (χ0) is 14.0. The second kappa shape index (κ2) is 8.65. The lowest BCUT2D eigenvalue weighted by Gasteiger charge is -2.02. The molecule has 0 fully saturated rings. The highest BCUT2D eigenvalue weighted by atomic mass is 32.2. The van der Waals surface area contributed by atoms with Gasteiger partial charge in [0.2, 0.25) is 10.0 Å². The van der Waals surface area contributed by atoms with E-state index in [1.54, 1.807) is 6.92 Å². The maximum absolute atomic E-state index is 11.1. The molecule has 104 valence electrons. The highest BCUT2D eigenvalue weighted by Gasteiger charge is 2.01. The molecule has 0 bridgehead atoms. The van der Waals surface area contributed by atoms with Crippen LogP contribution in [0.3, 0.4) is 0 Å². The van der Waals surface area contributed by atoms with Crippen molar-refractivity contribution in [1.82, 2.24) is 4.72 Å². The minimum Gasteiger partial charge on any atom is -0.463 e. The van der Waals surface area contributed by atoms with Crippen molar-refractivity contribution in [3.63, 3.8) is 0 Å². The SMILES string of the molecule is CCOC(=O)/C=C/C(=O)OCCCNS(C)(=O)=O. The van der Waals surface area contributed by atoms with Crippen LogP contribution in [-0.4, -0.2) is 46.4 Å². The number of rotatable bonds is 8. The van der Waals surface area contributed by atoms with E-state index in [-0.39, 0.29) is 19.8 Å². The quantitative estimate of drug-likeness (QED) is 0.368. The Morgan fingerprint density at radius 1 is 1.17 bits per heavy atom. The van der Waals surface area contributed by atoms with Crippen LogP contribution in [-0.2, 0) is 29.1 Å². The molecule has 0 saturated carbocycles. The summed E-state index contributed by atoms with van der Waals surface area (Å²) in [5.74, 6) is -1.30. The van der Waals surface area contributed by atoms with E-state index >= 15 is 0 Å². The molecule has 18 heavy (non-hydrogen) atoms. The van der Waals surface area contributed by atoms with Crippen LogP contribution in [0.1, 0.15) is 13.3 Å². The van der Waals surface area contributed by atoms with E-state index in [9.17, 15) is 18.0 Å². The first kappa shape index (κ1) is 16.6.